The van der Waals surface area contributed by atoms with Gasteiger partial charge in [-0.25, -0.2) is 9.78 Å². The van der Waals surface area contributed by atoms with E-state index in [0.717, 1.165) is 25.2 Å². The average Bonchev–Trinajstić information content (AvgIpc) is 3.18. The Morgan fingerprint density at radius 3 is 2.26 bits per heavy atom. The molecular weight excluding hydrogens is 338 g/mol. The molecule has 0 aliphatic carbocycles. The maximum atomic E-state index is 11.4. The summed E-state index contributed by atoms with van der Waals surface area (Å²) in [5, 5.41) is 9.36. The zero-order chi connectivity index (χ0) is 18.7. The smallest absolute Gasteiger partial charge is 0.407 e. The number of rotatable bonds is 4. The monoisotopic (exact) mass is 361 g/mol. The van der Waals surface area contributed by atoms with Crippen molar-refractivity contribution in [3.8, 4) is 0 Å². The van der Waals surface area contributed by atoms with E-state index in [1.54, 1.807) is 0 Å². The molecule has 1 aliphatic rings. The van der Waals surface area contributed by atoms with Gasteiger partial charge in [-0.1, -0.05) is 60.7 Å². The van der Waals surface area contributed by atoms with Crippen molar-refractivity contribution in [3.05, 3.63) is 90.0 Å². The van der Waals surface area contributed by atoms with E-state index in [4.69, 9.17) is 4.98 Å². The number of hydrogen-bond acceptors (Lipinski definition) is 2. The molecule has 0 radical (unpaired) electrons. The molecule has 1 N–H and O–H groups in total. The number of amides is 1. The lowest BCUT2D eigenvalue weighted by Crippen LogP contribution is -2.46. The number of piperidine rings is 1. The van der Waals surface area contributed by atoms with Crippen LogP contribution in [0.1, 0.15) is 29.8 Å². The van der Waals surface area contributed by atoms with Crippen molar-refractivity contribution in [1.82, 2.24) is 14.5 Å². The highest BCUT2D eigenvalue weighted by molar-refractivity contribution is 5.65. The summed E-state index contributed by atoms with van der Waals surface area (Å²) >= 11 is 0. The van der Waals surface area contributed by atoms with Gasteiger partial charge in [0.1, 0.15) is 5.82 Å². The standard InChI is InChI=1S/C22H23N3O2/c26-21(27)24-14-11-22(12-15-24,19-9-5-2-6-10-19)20-23-13-16-25(20)17-18-7-3-1-4-8-18/h1-10,13,16H,11-12,14-15,17H2,(H,26,27). The molecule has 0 spiro atoms. The van der Waals surface area contributed by atoms with E-state index in [9.17, 15) is 9.90 Å². The third-order valence-corrected chi connectivity index (χ3v) is 5.55. The summed E-state index contributed by atoms with van der Waals surface area (Å²) in [6, 6.07) is 20.7. The SMILES string of the molecule is O=C(O)N1CCC(c2ccccc2)(c2nccn2Cc2ccccc2)CC1. The minimum absolute atomic E-state index is 0.272. The highest BCUT2D eigenvalue weighted by Crippen LogP contribution is 2.41. The van der Waals surface area contributed by atoms with E-state index in [1.807, 2.05) is 48.8 Å². The molecular formula is C22H23N3O2. The Bertz CT molecular complexity index is 898. The van der Waals surface area contributed by atoms with Gasteiger partial charge in [0.15, 0.2) is 0 Å². The van der Waals surface area contributed by atoms with Crippen LogP contribution in [-0.2, 0) is 12.0 Å². The maximum Gasteiger partial charge on any atom is 0.407 e. The molecule has 3 aromatic rings. The number of nitrogens with zero attached hydrogens (tertiary/aromatic N) is 3. The Morgan fingerprint density at radius 2 is 1.63 bits per heavy atom. The molecule has 4 rings (SSSR count). The highest BCUT2D eigenvalue weighted by atomic mass is 16.4. The van der Waals surface area contributed by atoms with Gasteiger partial charge in [-0.2, -0.15) is 0 Å². The van der Waals surface area contributed by atoms with Crippen LogP contribution >= 0.6 is 0 Å². The average molecular weight is 361 g/mol. The van der Waals surface area contributed by atoms with Gasteiger partial charge in [-0.15, -0.1) is 0 Å². The topological polar surface area (TPSA) is 58.4 Å². The number of benzene rings is 2. The van der Waals surface area contributed by atoms with Gasteiger partial charge < -0.3 is 14.6 Å². The molecule has 138 valence electrons. The second-order valence-corrected chi connectivity index (χ2v) is 7.08. The summed E-state index contributed by atoms with van der Waals surface area (Å²) < 4.78 is 2.21. The maximum absolute atomic E-state index is 11.4. The van der Waals surface area contributed by atoms with Gasteiger partial charge in [-0.05, 0) is 24.0 Å². The predicted octanol–water partition coefficient (Wildman–Crippen LogP) is 3.99. The lowest BCUT2D eigenvalue weighted by atomic mass is 9.72. The second-order valence-electron chi connectivity index (χ2n) is 7.08. The molecule has 0 saturated carbocycles. The van der Waals surface area contributed by atoms with Gasteiger partial charge in [0, 0.05) is 32.0 Å². The van der Waals surface area contributed by atoms with E-state index in [2.05, 4.69) is 28.8 Å². The third-order valence-electron chi connectivity index (χ3n) is 5.55. The quantitative estimate of drug-likeness (QED) is 0.764. The first kappa shape index (κ1) is 17.3. The molecule has 27 heavy (non-hydrogen) atoms. The van der Waals surface area contributed by atoms with E-state index in [-0.39, 0.29) is 5.41 Å². The minimum Gasteiger partial charge on any atom is -0.465 e. The van der Waals surface area contributed by atoms with Gasteiger partial charge in [0.2, 0.25) is 0 Å². The molecule has 0 atom stereocenters. The zero-order valence-corrected chi connectivity index (χ0v) is 15.2. The normalized spacial score (nSPS) is 16.2. The number of carboxylic acid groups (broad SMARTS) is 1. The molecule has 1 saturated heterocycles. The van der Waals surface area contributed by atoms with Crippen molar-refractivity contribution in [2.24, 2.45) is 0 Å². The van der Waals surface area contributed by atoms with E-state index >= 15 is 0 Å². The molecule has 0 bridgehead atoms. The number of aromatic nitrogens is 2. The van der Waals surface area contributed by atoms with Crippen molar-refractivity contribution in [3.63, 3.8) is 0 Å². The van der Waals surface area contributed by atoms with E-state index < -0.39 is 6.09 Å². The van der Waals surface area contributed by atoms with E-state index in [0.29, 0.717) is 13.1 Å². The van der Waals surface area contributed by atoms with Crippen LogP contribution in [0.15, 0.2) is 73.1 Å². The first-order valence-corrected chi connectivity index (χ1v) is 9.28. The summed E-state index contributed by atoms with van der Waals surface area (Å²) in [5.74, 6) is 1.02. The van der Waals surface area contributed by atoms with Gasteiger partial charge in [-0.3, -0.25) is 0 Å². The molecule has 0 unspecified atom stereocenters. The molecule has 2 heterocycles. The first-order valence-electron chi connectivity index (χ1n) is 9.28. The molecule has 2 aromatic carbocycles. The van der Waals surface area contributed by atoms with Crippen LogP contribution in [0.5, 0.6) is 0 Å². The van der Waals surface area contributed by atoms with Crippen LogP contribution in [-0.4, -0.2) is 38.7 Å². The summed E-state index contributed by atoms with van der Waals surface area (Å²) in [5.41, 5.74) is 2.16. The van der Waals surface area contributed by atoms with Crippen molar-refractivity contribution >= 4 is 6.09 Å². The fourth-order valence-corrected chi connectivity index (χ4v) is 4.11. The molecule has 5 heteroatoms. The van der Waals surface area contributed by atoms with Crippen LogP contribution in [0.4, 0.5) is 4.79 Å². The molecule has 1 aliphatic heterocycles. The van der Waals surface area contributed by atoms with E-state index in [1.165, 1.54) is 16.0 Å². The predicted molar refractivity (Wildman–Crippen MR) is 104 cm³/mol. The Morgan fingerprint density at radius 1 is 1.00 bits per heavy atom. The number of imidazole rings is 1. The van der Waals surface area contributed by atoms with Gasteiger partial charge in [0.05, 0.1) is 5.41 Å². The van der Waals surface area contributed by atoms with Crippen LogP contribution in [0, 0.1) is 0 Å². The summed E-state index contributed by atoms with van der Waals surface area (Å²) in [6.45, 7) is 1.79. The van der Waals surface area contributed by atoms with Crippen molar-refractivity contribution < 1.29 is 9.90 Å². The largest absolute Gasteiger partial charge is 0.465 e. The van der Waals surface area contributed by atoms with Crippen LogP contribution in [0.3, 0.4) is 0 Å². The van der Waals surface area contributed by atoms with Crippen molar-refractivity contribution in [2.45, 2.75) is 24.8 Å². The Hall–Kier alpha value is -3.08. The molecule has 1 amide bonds. The fraction of sp³-hybridized carbons (Fsp3) is 0.273. The molecule has 5 nitrogen and oxygen atoms in total. The van der Waals surface area contributed by atoms with Crippen LogP contribution in [0.2, 0.25) is 0 Å². The first-order chi connectivity index (χ1) is 13.2. The summed E-state index contributed by atoms with van der Waals surface area (Å²) in [6.07, 6.45) is 4.50. The Labute approximate surface area is 158 Å². The zero-order valence-electron chi connectivity index (χ0n) is 15.2. The van der Waals surface area contributed by atoms with Crippen molar-refractivity contribution in [1.29, 1.82) is 0 Å². The fourth-order valence-electron chi connectivity index (χ4n) is 4.11. The van der Waals surface area contributed by atoms with Crippen LogP contribution in [0.25, 0.3) is 0 Å². The third kappa shape index (κ3) is 3.33. The Balaban J connectivity index is 1.73. The number of likely N-dealkylation sites (tertiary alicyclic amines) is 1. The summed E-state index contributed by atoms with van der Waals surface area (Å²) in [7, 11) is 0. The van der Waals surface area contributed by atoms with Gasteiger partial charge >= 0.3 is 6.09 Å². The van der Waals surface area contributed by atoms with Gasteiger partial charge in [0.25, 0.3) is 0 Å². The lowest BCUT2D eigenvalue weighted by Gasteiger charge is -2.41. The minimum atomic E-state index is -0.843. The number of carbonyl (C=O) groups is 1. The van der Waals surface area contributed by atoms with Crippen molar-refractivity contribution in [2.75, 3.05) is 13.1 Å². The lowest BCUT2D eigenvalue weighted by molar-refractivity contribution is 0.121. The van der Waals surface area contributed by atoms with Crippen LogP contribution < -0.4 is 0 Å². The second kappa shape index (κ2) is 7.27. The Kier molecular flexibility index (Phi) is 4.67. The summed E-state index contributed by atoms with van der Waals surface area (Å²) in [4.78, 5) is 17.7. The highest BCUT2D eigenvalue weighted by Gasteiger charge is 2.42. The number of hydrogen-bond donors (Lipinski definition) is 1. The molecule has 1 fully saturated rings. The molecule has 1 aromatic heterocycles.